The van der Waals surface area contributed by atoms with Crippen molar-refractivity contribution in [3.05, 3.63) is 29.6 Å². The van der Waals surface area contributed by atoms with Crippen molar-refractivity contribution in [3.8, 4) is 6.07 Å². The lowest BCUT2D eigenvalue weighted by Gasteiger charge is -2.08. The first-order valence-electron chi connectivity index (χ1n) is 3.87. The summed E-state index contributed by atoms with van der Waals surface area (Å²) in [7, 11) is -4.90. The van der Waals surface area contributed by atoms with Crippen LogP contribution in [0.25, 0.3) is 0 Å². The number of benzene rings is 1. The molecule has 0 bridgehead atoms. The normalized spacial score (nSPS) is 11.2. The van der Waals surface area contributed by atoms with E-state index >= 15 is 0 Å². The fraction of sp³-hybridized carbons (Fsp3) is 0.125. The Morgan fingerprint density at radius 1 is 1.38 bits per heavy atom. The number of alkyl halides is 2. The van der Waals surface area contributed by atoms with E-state index < -0.39 is 32.8 Å². The summed E-state index contributed by atoms with van der Waals surface area (Å²) in [6.45, 7) is 0. The van der Waals surface area contributed by atoms with E-state index in [-0.39, 0.29) is 0 Å². The molecule has 1 rings (SSSR count). The average Bonchev–Trinajstić information content (AvgIpc) is 2.17. The maximum absolute atomic E-state index is 13.0. The minimum atomic E-state index is -4.90. The Hall–Kier alpha value is -1.75. The largest absolute Gasteiger partial charge is 0.355 e. The van der Waals surface area contributed by atoms with Crippen molar-refractivity contribution >= 4 is 15.7 Å². The van der Waals surface area contributed by atoms with Gasteiger partial charge in [0.05, 0.1) is 5.69 Å². The Labute approximate surface area is 89.4 Å². The minimum Gasteiger partial charge on any atom is -0.277 e. The zero-order chi connectivity index (χ0) is 12.3. The van der Waals surface area contributed by atoms with E-state index in [1.807, 2.05) is 0 Å². The second-order valence-corrected chi connectivity index (χ2v) is 4.33. The molecule has 0 unspecified atom stereocenters. The maximum Gasteiger partial charge on any atom is 0.355 e. The summed E-state index contributed by atoms with van der Waals surface area (Å²) in [6, 6.07) is 4.41. The van der Waals surface area contributed by atoms with Gasteiger partial charge < -0.3 is 0 Å². The van der Waals surface area contributed by atoms with E-state index in [2.05, 4.69) is 0 Å². The van der Waals surface area contributed by atoms with Crippen LogP contribution < -0.4 is 4.72 Å². The lowest BCUT2D eigenvalue weighted by molar-refractivity contribution is 0.236. The lowest BCUT2D eigenvalue weighted by atomic mass is 10.2. The number of nitrogens with zero attached hydrogens (tertiary/aromatic N) is 1. The van der Waals surface area contributed by atoms with Crippen LogP contribution in [0.5, 0.6) is 0 Å². The van der Waals surface area contributed by atoms with Crippen LogP contribution in [0, 0.1) is 17.1 Å². The smallest absolute Gasteiger partial charge is 0.277 e. The molecule has 1 aromatic carbocycles. The molecule has 0 aliphatic heterocycles. The highest BCUT2D eigenvalue weighted by molar-refractivity contribution is 7.93. The summed E-state index contributed by atoms with van der Waals surface area (Å²) in [4.78, 5) is 0. The Balaban J connectivity index is 3.18. The quantitative estimate of drug-likeness (QED) is 0.886. The average molecular weight is 250 g/mol. The molecular weight excluding hydrogens is 245 g/mol. The molecule has 1 aromatic rings. The Morgan fingerprint density at radius 2 is 2.00 bits per heavy atom. The molecular formula is C8H5F3N2O2S. The van der Waals surface area contributed by atoms with Gasteiger partial charge in [-0.3, -0.25) is 4.72 Å². The second-order valence-electron chi connectivity index (χ2n) is 2.68. The van der Waals surface area contributed by atoms with Gasteiger partial charge in [-0.1, -0.05) is 6.07 Å². The Morgan fingerprint density at radius 3 is 2.50 bits per heavy atom. The van der Waals surface area contributed by atoms with E-state index in [1.165, 1.54) is 10.8 Å². The number of hydrogen-bond donors (Lipinski definition) is 1. The first kappa shape index (κ1) is 12.3. The van der Waals surface area contributed by atoms with Gasteiger partial charge in [-0.25, -0.2) is 12.8 Å². The lowest BCUT2D eigenvalue weighted by Crippen LogP contribution is -2.21. The molecule has 0 amide bonds. The van der Waals surface area contributed by atoms with E-state index in [1.54, 1.807) is 0 Å². The molecule has 0 radical (unpaired) electrons. The maximum atomic E-state index is 13.0. The van der Waals surface area contributed by atoms with Crippen LogP contribution in [0.2, 0.25) is 0 Å². The van der Waals surface area contributed by atoms with Crippen LogP contribution in [0.15, 0.2) is 18.2 Å². The Bertz CT molecular complexity index is 537. The van der Waals surface area contributed by atoms with E-state index in [0.29, 0.717) is 0 Å². The van der Waals surface area contributed by atoms with Gasteiger partial charge in [-0.15, -0.1) is 0 Å². The van der Waals surface area contributed by atoms with Gasteiger partial charge in [-0.05, 0) is 12.1 Å². The van der Waals surface area contributed by atoms with Crippen molar-refractivity contribution in [1.82, 2.24) is 0 Å². The molecule has 1 N–H and O–H groups in total. The standard InChI is InChI=1S/C8H5F3N2O2S/c9-6-2-1-3-7(5(6)4-12)13-16(14,15)8(10)11/h1-3,8,13H. The van der Waals surface area contributed by atoms with Crippen molar-refractivity contribution in [3.63, 3.8) is 0 Å². The Kier molecular flexibility index (Phi) is 3.39. The molecule has 0 saturated carbocycles. The minimum absolute atomic E-state index is 0.511. The van der Waals surface area contributed by atoms with Crippen LogP contribution in [0.3, 0.4) is 0 Å². The van der Waals surface area contributed by atoms with Gasteiger partial charge >= 0.3 is 5.76 Å². The fourth-order valence-corrected chi connectivity index (χ4v) is 1.49. The monoisotopic (exact) mass is 250 g/mol. The number of sulfonamides is 1. The van der Waals surface area contributed by atoms with E-state index in [0.717, 1.165) is 18.2 Å². The van der Waals surface area contributed by atoms with E-state index in [4.69, 9.17) is 5.26 Å². The highest BCUT2D eigenvalue weighted by atomic mass is 32.2. The van der Waals surface area contributed by atoms with Crippen molar-refractivity contribution in [1.29, 1.82) is 5.26 Å². The van der Waals surface area contributed by atoms with Crippen molar-refractivity contribution < 1.29 is 21.6 Å². The van der Waals surface area contributed by atoms with Gasteiger partial charge in [-0.2, -0.15) is 14.0 Å². The molecule has 0 spiro atoms. The molecule has 0 fully saturated rings. The molecule has 0 aliphatic carbocycles. The summed E-state index contributed by atoms with van der Waals surface area (Å²) < 4.78 is 60.0. The first-order valence-corrected chi connectivity index (χ1v) is 5.41. The number of rotatable bonds is 3. The predicted molar refractivity (Wildman–Crippen MR) is 49.7 cm³/mol. The highest BCUT2D eigenvalue weighted by Crippen LogP contribution is 2.20. The number of halogens is 3. The summed E-state index contributed by atoms with van der Waals surface area (Å²) in [5, 5.41) is 8.52. The summed E-state index contributed by atoms with van der Waals surface area (Å²) >= 11 is 0. The SMILES string of the molecule is N#Cc1c(F)cccc1NS(=O)(=O)C(F)F. The molecule has 0 atom stereocenters. The first-order chi connectivity index (χ1) is 7.38. The molecule has 8 heteroatoms. The third-order valence-electron chi connectivity index (χ3n) is 1.61. The third kappa shape index (κ3) is 2.43. The number of nitrogens with one attached hydrogen (secondary N) is 1. The van der Waals surface area contributed by atoms with Gasteiger partial charge in [0, 0.05) is 0 Å². The van der Waals surface area contributed by atoms with Crippen LogP contribution in [0.1, 0.15) is 5.56 Å². The van der Waals surface area contributed by atoms with E-state index in [9.17, 15) is 21.6 Å². The number of anilines is 1. The summed E-state index contributed by atoms with van der Waals surface area (Å²) in [5.74, 6) is -4.64. The molecule has 16 heavy (non-hydrogen) atoms. The molecule has 86 valence electrons. The molecule has 4 nitrogen and oxygen atoms in total. The molecule has 0 saturated heterocycles. The number of nitriles is 1. The zero-order valence-electron chi connectivity index (χ0n) is 7.62. The van der Waals surface area contributed by atoms with Gasteiger partial charge in [0.1, 0.15) is 17.4 Å². The van der Waals surface area contributed by atoms with Crippen LogP contribution in [-0.2, 0) is 10.0 Å². The summed E-state index contributed by atoms with van der Waals surface area (Å²) in [5.41, 5.74) is -1.14. The van der Waals surface area contributed by atoms with Crippen LogP contribution >= 0.6 is 0 Å². The summed E-state index contributed by atoms with van der Waals surface area (Å²) in [6.07, 6.45) is 0. The third-order valence-corrected chi connectivity index (χ3v) is 2.59. The van der Waals surface area contributed by atoms with Crippen molar-refractivity contribution in [2.24, 2.45) is 0 Å². The van der Waals surface area contributed by atoms with Crippen LogP contribution in [-0.4, -0.2) is 14.2 Å². The zero-order valence-corrected chi connectivity index (χ0v) is 8.43. The molecule has 0 heterocycles. The molecule has 0 aliphatic rings. The van der Waals surface area contributed by atoms with Gasteiger partial charge in [0.2, 0.25) is 0 Å². The van der Waals surface area contributed by atoms with Crippen LogP contribution in [0.4, 0.5) is 18.9 Å². The fourth-order valence-electron chi connectivity index (χ4n) is 0.921. The topological polar surface area (TPSA) is 70.0 Å². The highest BCUT2D eigenvalue weighted by Gasteiger charge is 2.25. The second kappa shape index (κ2) is 4.40. The van der Waals surface area contributed by atoms with Gasteiger partial charge in [0.25, 0.3) is 10.0 Å². The molecule has 0 aromatic heterocycles. The number of hydrogen-bond acceptors (Lipinski definition) is 3. The van der Waals surface area contributed by atoms with Gasteiger partial charge in [0.15, 0.2) is 0 Å². The van der Waals surface area contributed by atoms with Crippen molar-refractivity contribution in [2.75, 3.05) is 4.72 Å². The van der Waals surface area contributed by atoms with Crippen molar-refractivity contribution in [2.45, 2.75) is 5.76 Å². The predicted octanol–water partition coefficient (Wildman–Crippen LogP) is 1.66.